The lowest BCUT2D eigenvalue weighted by atomic mass is 9.98. The number of anilines is 1. The SMILES string of the molecule is Cc1cccc(C(C)C)c1NC(=O)[C@@H](C)Sc1nnnn1-c1ccc(O)cc1. The van der Waals surface area contributed by atoms with Gasteiger partial charge in [-0.15, -0.1) is 5.10 Å². The minimum absolute atomic E-state index is 0.110. The molecule has 0 saturated carbocycles. The Labute approximate surface area is 168 Å². The van der Waals surface area contributed by atoms with Crippen LogP contribution in [-0.2, 0) is 4.79 Å². The van der Waals surface area contributed by atoms with E-state index in [4.69, 9.17) is 0 Å². The van der Waals surface area contributed by atoms with Crippen molar-refractivity contribution in [1.82, 2.24) is 20.2 Å². The Balaban J connectivity index is 1.76. The zero-order chi connectivity index (χ0) is 20.3. The van der Waals surface area contributed by atoms with Crippen LogP contribution in [0.15, 0.2) is 47.6 Å². The second-order valence-corrected chi connectivity index (χ2v) is 8.14. The molecule has 0 bridgehead atoms. The van der Waals surface area contributed by atoms with Crippen molar-refractivity contribution in [3.63, 3.8) is 0 Å². The molecule has 2 aromatic carbocycles. The average Bonchev–Trinajstić information content (AvgIpc) is 3.11. The molecule has 1 atom stereocenters. The van der Waals surface area contributed by atoms with Crippen molar-refractivity contribution in [2.45, 2.75) is 44.0 Å². The van der Waals surface area contributed by atoms with Gasteiger partial charge in [0, 0.05) is 5.69 Å². The smallest absolute Gasteiger partial charge is 0.237 e. The number of nitrogens with one attached hydrogen (secondary N) is 1. The van der Waals surface area contributed by atoms with Crippen LogP contribution >= 0.6 is 11.8 Å². The molecule has 1 aromatic heterocycles. The fourth-order valence-electron chi connectivity index (χ4n) is 2.79. The van der Waals surface area contributed by atoms with E-state index in [0.717, 1.165) is 16.8 Å². The van der Waals surface area contributed by atoms with Gasteiger partial charge in [0.15, 0.2) is 0 Å². The Kier molecular flexibility index (Phi) is 5.99. The van der Waals surface area contributed by atoms with Gasteiger partial charge < -0.3 is 10.4 Å². The lowest BCUT2D eigenvalue weighted by Crippen LogP contribution is -2.24. The van der Waals surface area contributed by atoms with Crippen LogP contribution < -0.4 is 5.32 Å². The number of rotatable bonds is 6. The Morgan fingerprint density at radius 1 is 1.14 bits per heavy atom. The van der Waals surface area contributed by atoms with Crippen molar-refractivity contribution in [3.05, 3.63) is 53.6 Å². The minimum atomic E-state index is -0.401. The van der Waals surface area contributed by atoms with Gasteiger partial charge in [-0.25, -0.2) is 0 Å². The van der Waals surface area contributed by atoms with Crippen molar-refractivity contribution in [1.29, 1.82) is 0 Å². The Bertz CT molecular complexity index is 969. The lowest BCUT2D eigenvalue weighted by molar-refractivity contribution is -0.115. The number of tetrazole rings is 1. The Hall–Kier alpha value is -2.87. The fourth-order valence-corrected chi connectivity index (χ4v) is 3.59. The van der Waals surface area contributed by atoms with Crippen LogP contribution in [0.3, 0.4) is 0 Å². The summed E-state index contributed by atoms with van der Waals surface area (Å²) in [4.78, 5) is 12.8. The van der Waals surface area contributed by atoms with Gasteiger partial charge in [-0.2, -0.15) is 4.68 Å². The number of amides is 1. The molecule has 0 spiro atoms. The van der Waals surface area contributed by atoms with Crippen LogP contribution in [0.25, 0.3) is 5.69 Å². The molecule has 0 aliphatic heterocycles. The number of aryl methyl sites for hydroxylation is 1. The van der Waals surface area contributed by atoms with Gasteiger partial charge >= 0.3 is 0 Å². The first-order chi connectivity index (χ1) is 13.4. The number of benzene rings is 2. The maximum atomic E-state index is 12.8. The van der Waals surface area contributed by atoms with Gasteiger partial charge in [-0.05, 0) is 65.6 Å². The highest BCUT2D eigenvalue weighted by molar-refractivity contribution is 8.00. The topological polar surface area (TPSA) is 92.9 Å². The molecule has 0 radical (unpaired) electrons. The molecule has 1 heterocycles. The highest BCUT2D eigenvalue weighted by Gasteiger charge is 2.21. The van der Waals surface area contributed by atoms with Crippen LogP contribution in [0.1, 0.15) is 37.8 Å². The molecule has 146 valence electrons. The van der Waals surface area contributed by atoms with Gasteiger partial charge in [-0.1, -0.05) is 43.8 Å². The maximum Gasteiger partial charge on any atom is 0.237 e. The molecule has 28 heavy (non-hydrogen) atoms. The fraction of sp³-hybridized carbons (Fsp3) is 0.300. The number of hydrogen-bond acceptors (Lipinski definition) is 6. The van der Waals surface area contributed by atoms with Crippen LogP contribution in [0.5, 0.6) is 5.75 Å². The summed E-state index contributed by atoms with van der Waals surface area (Å²) in [6.45, 7) is 8.02. The van der Waals surface area contributed by atoms with E-state index < -0.39 is 5.25 Å². The molecule has 1 amide bonds. The first kappa shape index (κ1) is 19.9. The van der Waals surface area contributed by atoms with E-state index in [1.54, 1.807) is 28.9 Å². The zero-order valence-electron chi connectivity index (χ0n) is 16.2. The monoisotopic (exact) mass is 397 g/mol. The third kappa shape index (κ3) is 4.33. The quantitative estimate of drug-likeness (QED) is 0.613. The molecule has 3 rings (SSSR count). The van der Waals surface area contributed by atoms with E-state index >= 15 is 0 Å². The number of phenolic OH excluding ortho intramolecular Hbond substituents is 1. The van der Waals surface area contributed by atoms with E-state index in [9.17, 15) is 9.90 Å². The predicted molar refractivity (Wildman–Crippen MR) is 110 cm³/mol. The average molecular weight is 398 g/mol. The number of carbonyl (C=O) groups is 1. The summed E-state index contributed by atoms with van der Waals surface area (Å²) < 4.78 is 1.54. The summed E-state index contributed by atoms with van der Waals surface area (Å²) in [7, 11) is 0. The van der Waals surface area contributed by atoms with Crippen LogP contribution in [0.4, 0.5) is 5.69 Å². The second kappa shape index (κ2) is 8.43. The number of carbonyl (C=O) groups excluding carboxylic acids is 1. The Morgan fingerprint density at radius 2 is 1.86 bits per heavy atom. The molecule has 0 aliphatic rings. The van der Waals surface area contributed by atoms with Crippen LogP contribution in [0.2, 0.25) is 0 Å². The molecule has 3 aromatic rings. The third-order valence-corrected chi connectivity index (χ3v) is 5.39. The summed E-state index contributed by atoms with van der Waals surface area (Å²) >= 11 is 1.28. The Morgan fingerprint density at radius 3 is 2.54 bits per heavy atom. The number of thioether (sulfide) groups is 1. The summed E-state index contributed by atoms with van der Waals surface area (Å²) in [5.41, 5.74) is 3.72. The summed E-state index contributed by atoms with van der Waals surface area (Å²) in [6.07, 6.45) is 0. The predicted octanol–water partition coefficient (Wildman–Crippen LogP) is 3.92. The van der Waals surface area contributed by atoms with Gasteiger partial charge in [-0.3, -0.25) is 4.79 Å². The van der Waals surface area contributed by atoms with E-state index in [1.807, 2.05) is 32.0 Å². The molecule has 8 heteroatoms. The number of nitrogens with zero attached hydrogens (tertiary/aromatic N) is 4. The van der Waals surface area contributed by atoms with Gasteiger partial charge in [0.25, 0.3) is 0 Å². The normalized spacial score (nSPS) is 12.2. The van der Waals surface area contributed by atoms with Gasteiger partial charge in [0.1, 0.15) is 5.75 Å². The van der Waals surface area contributed by atoms with Crippen LogP contribution in [-0.4, -0.2) is 36.5 Å². The molecule has 0 unspecified atom stereocenters. The van der Waals surface area contributed by atoms with E-state index in [0.29, 0.717) is 16.8 Å². The van der Waals surface area contributed by atoms with Crippen molar-refractivity contribution in [2.24, 2.45) is 0 Å². The molecule has 0 fully saturated rings. The van der Waals surface area contributed by atoms with Crippen molar-refractivity contribution in [3.8, 4) is 11.4 Å². The first-order valence-corrected chi connectivity index (χ1v) is 9.89. The second-order valence-electron chi connectivity index (χ2n) is 6.83. The minimum Gasteiger partial charge on any atom is -0.508 e. The van der Waals surface area contributed by atoms with Crippen LogP contribution in [0, 0.1) is 6.92 Å². The summed E-state index contributed by atoms with van der Waals surface area (Å²) in [6, 6.07) is 12.6. The number of para-hydroxylation sites is 1. The zero-order valence-corrected chi connectivity index (χ0v) is 17.1. The molecule has 0 aliphatic carbocycles. The van der Waals surface area contributed by atoms with Gasteiger partial charge in [0.2, 0.25) is 11.1 Å². The first-order valence-electron chi connectivity index (χ1n) is 9.01. The standard InChI is InChI=1S/C20H23N5O2S/c1-12(2)17-7-5-6-13(3)18(17)21-19(27)14(4)28-20-22-23-24-25(20)15-8-10-16(26)11-9-15/h5-12,14,26H,1-4H3,(H,21,27)/t14-/m1/s1. The van der Waals surface area contributed by atoms with E-state index in [1.165, 1.54) is 11.8 Å². The van der Waals surface area contributed by atoms with Crippen molar-refractivity contribution in [2.75, 3.05) is 5.32 Å². The number of aromatic nitrogens is 4. The molecular formula is C20H23N5O2S. The van der Waals surface area contributed by atoms with Crippen molar-refractivity contribution >= 4 is 23.4 Å². The third-order valence-electron chi connectivity index (χ3n) is 4.36. The van der Waals surface area contributed by atoms with E-state index in [-0.39, 0.29) is 11.7 Å². The number of aromatic hydroxyl groups is 1. The molecule has 2 N–H and O–H groups in total. The van der Waals surface area contributed by atoms with Crippen molar-refractivity contribution < 1.29 is 9.90 Å². The maximum absolute atomic E-state index is 12.8. The molecular weight excluding hydrogens is 374 g/mol. The number of hydrogen-bond donors (Lipinski definition) is 2. The highest BCUT2D eigenvalue weighted by atomic mass is 32.2. The highest BCUT2D eigenvalue weighted by Crippen LogP contribution is 2.29. The van der Waals surface area contributed by atoms with Gasteiger partial charge in [0.05, 0.1) is 10.9 Å². The number of phenols is 1. The molecule has 0 saturated heterocycles. The summed E-state index contributed by atoms with van der Waals surface area (Å²) in [5.74, 6) is 0.361. The van der Waals surface area contributed by atoms with E-state index in [2.05, 4.69) is 34.7 Å². The largest absolute Gasteiger partial charge is 0.508 e. The summed E-state index contributed by atoms with van der Waals surface area (Å²) in [5, 5.41) is 24.3. The molecule has 7 nitrogen and oxygen atoms in total. The lowest BCUT2D eigenvalue weighted by Gasteiger charge is -2.18.